The highest BCUT2D eigenvalue weighted by Gasteiger charge is 2.35. The zero-order chi connectivity index (χ0) is 19.7. The molecule has 0 spiro atoms. The molecule has 1 fully saturated rings. The summed E-state index contributed by atoms with van der Waals surface area (Å²) in [6.45, 7) is 0.654. The Morgan fingerprint density at radius 2 is 1.86 bits per heavy atom. The van der Waals surface area contributed by atoms with Gasteiger partial charge in [0.15, 0.2) is 0 Å². The summed E-state index contributed by atoms with van der Waals surface area (Å²) in [6, 6.07) is 12.7. The first-order chi connectivity index (χ1) is 13.5. The van der Waals surface area contributed by atoms with Crippen LogP contribution in [-0.2, 0) is 4.79 Å². The molecular weight excluding hydrogens is 363 g/mol. The summed E-state index contributed by atoms with van der Waals surface area (Å²) >= 11 is 0. The zero-order valence-corrected chi connectivity index (χ0v) is 14.7. The number of aromatic nitrogens is 2. The van der Waals surface area contributed by atoms with Crippen molar-refractivity contribution in [1.29, 1.82) is 0 Å². The van der Waals surface area contributed by atoms with Crippen LogP contribution in [0.4, 0.5) is 4.39 Å². The number of carbonyl (C=O) groups is 2. The monoisotopic (exact) mass is 380 g/mol. The van der Waals surface area contributed by atoms with Crippen molar-refractivity contribution < 1.29 is 19.1 Å². The number of nitrogens with zero attached hydrogens (tertiary/aromatic N) is 2. The molecule has 0 bridgehead atoms. The van der Waals surface area contributed by atoms with Crippen LogP contribution < -0.4 is 5.32 Å². The van der Waals surface area contributed by atoms with Gasteiger partial charge in [0, 0.05) is 18.7 Å². The average Bonchev–Trinajstić information content (AvgIpc) is 3.19. The second kappa shape index (κ2) is 7.15. The standard InChI is InChI=1S/C20H17FN4O3/c21-14-5-1-13(2-6-14)18-19(27)22-9-10-25(18)20(28)17-11-16(23-24-17)12-3-7-15(26)8-4-12/h1-8,11,18,26H,9-10H2,(H,22,27)(H,23,24)/t18-/m0/s1. The van der Waals surface area contributed by atoms with E-state index in [-0.39, 0.29) is 23.3 Å². The predicted octanol–water partition coefficient (Wildman–Crippen LogP) is 2.23. The maximum Gasteiger partial charge on any atom is 0.272 e. The predicted molar refractivity (Wildman–Crippen MR) is 98.9 cm³/mol. The third-order valence-corrected chi connectivity index (χ3v) is 4.63. The van der Waals surface area contributed by atoms with E-state index in [1.54, 1.807) is 18.2 Å². The summed E-state index contributed by atoms with van der Waals surface area (Å²) in [5.74, 6) is -0.965. The van der Waals surface area contributed by atoms with E-state index in [1.807, 2.05) is 0 Å². The molecule has 1 atom stereocenters. The van der Waals surface area contributed by atoms with Gasteiger partial charge in [-0.2, -0.15) is 5.10 Å². The largest absolute Gasteiger partial charge is 0.508 e. The Morgan fingerprint density at radius 1 is 1.14 bits per heavy atom. The van der Waals surface area contributed by atoms with Gasteiger partial charge < -0.3 is 15.3 Å². The molecule has 28 heavy (non-hydrogen) atoms. The Bertz CT molecular complexity index is 1010. The SMILES string of the molecule is O=C1NCCN(C(=O)c2cc(-c3ccc(O)cc3)n[nH]2)[C@H]1c1ccc(F)cc1. The van der Waals surface area contributed by atoms with Crippen LogP contribution in [0, 0.1) is 5.82 Å². The lowest BCUT2D eigenvalue weighted by Gasteiger charge is -2.35. The number of phenolic OH excluding ortho intramolecular Hbond substituents is 1. The van der Waals surface area contributed by atoms with Gasteiger partial charge in [0.2, 0.25) is 5.91 Å². The van der Waals surface area contributed by atoms with Crippen LogP contribution in [0.2, 0.25) is 0 Å². The minimum atomic E-state index is -0.845. The summed E-state index contributed by atoms with van der Waals surface area (Å²) in [5.41, 5.74) is 2.05. The van der Waals surface area contributed by atoms with Crippen molar-refractivity contribution in [3.05, 3.63) is 71.7 Å². The Hall–Kier alpha value is -3.68. The number of phenols is 1. The normalized spacial score (nSPS) is 16.7. The first kappa shape index (κ1) is 17.7. The molecule has 7 nitrogen and oxygen atoms in total. The van der Waals surface area contributed by atoms with Gasteiger partial charge in [-0.05, 0) is 48.0 Å². The van der Waals surface area contributed by atoms with Crippen molar-refractivity contribution in [3.8, 4) is 17.0 Å². The number of benzene rings is 2. The Balaban J connectivity index is 1.63. The number of aromatic amines is 1. The lowest BCUT2D eigenvalue weighted by molar-refractivity contribution is -0.128. The number of nitrogens with one attached hydrogen (secondary N) is 2. The summed E-state index contributed by atoms with van der Waals surface area (Å²) < 4.78 is 13.3. The van der Waals surface area contributed by atoms with Crippen molar-refractivity contribution >= 4 is 11.8 Å². The van der Waals surface area contributed by atoms with Crippen LogP contribution in [0.3, 0.4) is 0 Å². The fraction of sp³-hybridized carbons (Fsp3) is 0.150. The molecule has 8 heteroatoms. The molecule has 1 aliphatic rings. The van der Waals surface area contributed by atoms with Crippen molar-refractivity contribution in [2.24, 2.45) is 0 Å². The number of hydrogen-bond acceptors (Lipinski definition) is 4. The second-order valence-electron chi connectivity index (χ2n) is 6.46. The number of amides is 2. The molecule has 2 amide bonds. The lowest BCUT2D eigenvalue weighted by Crippen LogP contribution is -2.52. The average molecular weight is 380 g/mol. The van der Waals surface area contributed by atoms with Crippen LogP contribution in [0.25, 0.3) is 11.3 Å². The van der Waals surface area contributed by atoms with E-state index in [2.05, 4.69) is 15.5 Å². The van der Waals surface area contributed by atoms with Crippen LogP contribution in [-0.4, -0.2) is 45.1 Å². The molecule has 0 radical (unpaired) electrons. The molecule has 3 aromatic rings. The number of hydrogen-bond donors (Lipinski definition) is 3. The second-order valence-corrected chi connectivity index (χ2v) is 6.46. The highest BCUT2D eigenvalue weighted by Crippen LogP contribution is 2.26. The van der Waals surface area contributed by atoms with Gasteiger partial charge in [0.25, 0.3) is 5.91 Å². The van der Waals surface area contributed by atoms with E-state index in [0.29, 0.717) is 24.3 Å². The van der Waals surface area contributed by atoms with Crippen LogP contribution in [0.1, 0.15) is 22.1 Å². The number of rotatable bonds is 3. The Labute approximate surface area is 159 Å². The fourth-order valence-corrected chi connectivity index (χ4v) is 3.23. The third-order valence-electron chi connectivity index (χ3n) is 4.63. The molecule has 0 unspecified atom stereocenters. The topological polar surface area (TPSA) is 98.3 Å². The lowest BCUT2D eigenvalue weighted by atomic mass is 10.0. The molecule has 142 valence electrons. The van der Waals surface area contributed by atoms with Gasteiger partial charge in [-0.15, -0.1) is 0 Å². The van der Waals surface area contributed by atoms with Gasteiger partial charge in [-0.1, -0.05) is 12.1 Å². The fourth-order valence-electron chi connectivity index (χ4n) is 3.23. The van der Waals surface area contributed by atoms with E-state index in [4.69, 9.17) is 0 Å². The summed E-state index contributed by atoms with van der Waals surface area (Å²) in [6.07, 6.45) is 0. The quantitative estimate of drug-likeness (QED) is 0.649. The Morgan fingerprint density at radius 3 is 2.57 bits per heavy atom. The van der Waals surface area contributed by atoms with Gasteiger partial charge >= 0.3 is 0 Å². The zero-order valence-electron chi connectivity index (χ0n) is 14.7. The molecule has 1 saturated heterocycles. The van der Waals surface area contributed by atoms with Crippen LogP contribution in [0.5, 0.6) is 5.75 Å². The minimum Gasteiger partial charge on any atom is -0.508 e. The first-order valence-electron chi connectivity index (χ1n) is 8.72. The maximum absolute atomic E-state index is 13.3. The van der Waals surface area contributed by atoms with Crippen molar-refractivity contribution in [1.82, 2.24) is 20.4 Å². The summed E-state index contributed by atoms with van der Waals surface area (Å²) in [5, 5.41) is 19.0. The molecule has 2 aromatic carbocycles. The van der Waals surface area contributed by atoms with Crippen LogP contribution >= 0.6 is 0 Å². The van der Waals surface area contributed by atoms with Crippen LogP contribution in [0.15, 0.2) is 54.6 Å². The van der Waals surface area contributed by atoms with E-state index >= 15 is 0 Å². The molecule has 0 aliphatic carbocycles. The van der Waals surface area contributed by atoms with E-state index in [9.17, 15) is 19.1 Å². The number of piperazine rings is 1. The molecule has 3 N–H and O–H groups in total. The minimum absolute atomic E-state index is 0.136. The summed E-state index contributed by atoms with van der Waals surface area (Å²) in [7, 11) is 0. The highest BCUT2D eigenvalue weighted by molar-refractivity contribution is 5.98. The maximum atomic E-state index is 13.3. The number of halogens is 1. The first-order valence-corrected chi connectivity index (χ1v) is 8.72. The van der Waals surface area contributed by atoms with Gasteiger partial charge in [-0.3, -0.25) is 14.7 Å². The highest BCUT2D eigenvalue weighted by atomic mass is 19.1. The van der Waals surface area contributed by atoms with Gasteiger partial charge in [-0.25, -0.2) is 4.39 Å². The smallest absolute Gasteiger partial charge is 0.272 e. The van der Waals surface area contributed by atoms with E-state index in [1.165, 1.54) is 41.3 Å². The van der Waals surface area contributed by atoms with Crippen molar-refractivity contribution in [3.63, 3.8) is 0 Å². The van der Waals surface area contributed by atoms with Gasteiger partial charge in [0.1, 0.15) is 23.3 Å². The molecule has 1 aromatic heterocycles. The molecular formula is C20H17FN4O3. The molecule has 2 heterocycles. The number of aromatic hydroxyl groups is 1. The van der Waals surface area contributed by atoms with Gasteiger partial charge in [0.05, 0.1) is 5.69 Å². The number of H-pyrrole nitrogens is 1. The van der Waals surface area contributed by atoms with Crippen molar-refractivity contribution in [2.45, 2.75) is 6.04 Å². The van der Waals surface area contributed by atoms with Crippen molar-refractivity contribution in [2.75, 3.05) is 13.1 Å². The third kappa shape index (κ3) is 3.32. The van der Waals surface area contributed by atoms with E-state index < -0.39 is 11.9 Å². The molecule has 0 saturated carbocycles. The Kier molecular flexibility index (Phi) is 4.52. The number of carbonyl (C=O) groups excluding carboxylic acids is 2. The summed E-state index contributed by atoms with van der Waals surface area (Å²) in [4.78, 5) is 26.9. The molecule has 4 rings (SSSR count). The van der Waals surface area contributed by atoms with E-state index in [0.717, 1.165) is 5.56 Å². The molecule has 1 aliphatic heterocycles.